The molecule has 5 heterocycles. The first-order valence-electron chi connectivity index (χ1n) is 12.0. The van der Waals surface area contributed by atoms with E-state index in [1.165, 1.54) is 0 Å². The number of H-pyrrole nitrogens is 1. The van der Waals surface area contributed by atoms with E-state index in [0.29, 0.717) is 18.0 Å². The van der Waals surface area contributed by atoms with Crippen LogP contribution < -0.4 is 16.0 Å². The first-order valence-corrected chi connectivity index (χ1v) is 12.9. The topological polar surface area (TPSA) is 108 Å². The fraction of sp³-hybridized carbons (Fsp3) is 0.143. The smallest absolute Gasteiger partial charge is 0.224 e. The molecule has 4 N–H and O–H groups in total. The van der Waals surface area contributed by atoms with Crippen molar-refractivity contribution in [2.75, 3.05) is 16.0 Å². The van der Waals surface area contributed by atoms with Crippen LogP contribution in [-0.2, 0) is 4.79 Å². The van der Waals surface area contributed by atoms with E-state index in [1.54, 1.807) is 23.7 Å². The Hall–Kier alpha value is -4.50. The maximum atomic E-state index is 12.2. The van der Waals surface area contributed by atoms with E-state index in [4.69, 9.17) is 0 Å². The van der Waals surface area contributed by atoms with Gasteiger partial charge in [0.25, 0.3) is 0 Å². The molecule has 184 valence electrons. The third kappa shape index (κ3) is 4.56. The summed E-state index contributed by atoms with van der Waals surface area (Å²) in [6, 6.07) is 12.2. The lowest BCUT2D eigenvalue weighted by molar-refractivity contribution is -0.116. The fourth-order valence-electron chi connectivity index (χ4n) is 4.43. The van der Waals surface area contributed by atoms with Gasteiger partial charge in [0.15, 0.2) is 0 Å². The number of nitrogens with one attached hydrogen (secondary N) is 4. The number of nitrogens with zero attached hydrogens (tertiary/aromatic N) is 3. The van der Waals surface area contributed by atoms with Gasteiger partial charge in [-0.15, -0.1) is 11.3 Å². The van der Waals surface area contributed by atoms with E-state index in [1.807, 2.05) is 56.7 Å². The van der Waals surface area contributed by atoms with Crippen LogP contribution in [0.4, 0.5) is 17.1 Å². The van der Waals surface area contributed by atoms with Gasteiger partial charge in [0.2, 0.25) is 5.91 Å². The van der Waals surface area contributed by atoms with E-state index < -0.39 is 0 Å². The van der Waals surface area contributed by atoms with Crippen LogP contribution in [0.25, 0.3) is 38.2 Å². The second-order valence-corrected chi connectivity index (χ2v) is 10.3. The molecule has 0 saturated heterocycles. The average Bonchev–Trinajstić information content (AvgIpc) is 3.58. The van der Waals surface area contributed by atoms with Crippen LogP contribution in [0.5, 0.6) is 0 Å². The maximum Gasteiger partial charge on any atom is 0.224 e. The highest BCUT2D eigenvalue weighted by Crippen LogP contribution is 2.40. The Bertz CT molecular complexity index is 1640. The van der Waals surface area contributed by atoms with Gasteiger partial charge in [0, 0.05) is 46.4 Å². The van der Waals surface area contributed by atoms with Gasteiger partial charge < -0.3 is 16.0 Å². The van der Waals surface area contributed by atoms with Gasteiger partial charge in [-0.2, -0.15) is 5.10 Å². The third-order valence-corrected chi connectivity index (χ3v) is 7.03. The van der Waals surface area contributed by atoms with Crippen molar-refractivity contribution < 1.29 is 4.79 Å². The normalized spacial score (nSPS) is 12.6. The lowest BCUT2D eigenvalue weighted by Crippen LogP contribution is -2.13. The Morgan fingerprint density at radius 3 is 2.78 bits per heavy atom. The number of aromatic amines is 1. The Balaban J connectivity index is 1.30. The van der Waals surface area contributed by atoms with Gasteiger partial charge in [-0.25, -0.2) is 0 Å². The summed E-state index contributed by atoms with van der Waals surface area (Å²) in [5, 5.41) is 20.7. The minimum absolute atomic E-state index is 0.0126. The molecule has 0 spiro atoms. The van der Waals surface area contributed by atoms with E-state index >= 15 is 0 Å². The van der Waals surface area contributed by atoms with Crippen molar-refractivity contribution in [2.24, 2.45) is 5.92 Å². The third-order valence-electron chi connectivity index (χ3n) is 6.13. The first kappa shape index (κ1) is 22.9. The van der Waals surface area contributed by atoms with Gasteiger partial charge in [-0.1, -0.05) is 26.0 Å². The second-order valence-electron chi connectivity index (χ2n) is 9.36. The molecular formula is C28H25N7OS. The lowest BCUT2D eigenvalue weighted by Gasteiger charge is -2.21. The molecule has 6 rings (SSSR count). The van der Waals surface area contributed by atoms with E-state index in [-0.39, 0.29) is 5.91 Å². The van der Waals surface area contributed by atoms with Crippen LogP contribution in [-0.4, -0.2) is 26.1 Å². The predicted molar refractivity (Wildman–Crippen MR) is 150 cm³/mol. The molecule has 1 aromatic carbocycles. The number of fused-ring (bicyclic) bond motifs is 2. The van der Waals surface area contributed by atoms with Gasteiger partial charge >= 0.3 is 0 Å². The zero-order valence-electron chi connectivity index (χ0n) is 20.4. The van der Waals surface area contributed by atoms with E-state index in [9.17, 15) is 4.79 Å². The Kier molecular flexibility index (Phi) is 5.90. The van der Waals surface area contributed by atoms with Crippen molar-refractivity contribution >= 4 is 50.9 Å². The van der Waals surface area contributed by atoms with Crippen molar-refractivity contribution in [1.82, 2.24) is 20.2 Å². The molecule has 1 amide bonds. The number of carbonyl (C=O) groups is 1. The second kappa shape index (κ2) is 9.51. The minimum atomic E-state index is -0.0126. The number of amides is 1. The van der Waals surface area contributed by atoms with Crippen LogP contribution in [0.1, 0.15) is 26.0 Å². The molecule has 1 aliphatic heterocycles. The number of carbonyl (C=O) groups excluding carboxylic acids is 1. The quantitative estimate of drug-likeness (QED) is 0.207. The highest BCUT2D eigenvalue weighted by atomic mass is 32.1. The van der Waals surface area contributed by atoms with Crippen molar-refractivity contribution in [1.29, 1.82) is 0 Å². The molecule has 37 heavy (non-hydrogen) atoms. The van der Waals surface area contributed by atoms with Crippen molar-refractivity contribution in [3.05, 3.63) is 78.5 Å². The van der Waals surface area contributed by atoms with E-state index in [2.05, 4.69) is 53.6 Å². The average molecular weight is 508 g/mol. The van der Waals surface area contributed by atoms with Gasteiger partial charge in [-0.05, 0) is 41.1 Å². The fourth-order valence-corrected chi connectivity index (χ4v) is 5.17. The predicted octanol–water partition coefficient (Wildman–Crippen LogP) is 6.57. The summed E-state index contributed by atoms with van der Waals surface area (Å²) < 4.78 is 0. The number of rotatable bonds is 6. The van der Waals surface area contributed by atoms with Crippen LogP contribution in [0.2, 0.25) is 0 Å². The van der Waals surface area contributed by atoms with Crippen LogP contribution in [0.3, 0.4) is 0 Å². The number of hydrogen-bond acceptors (Lipinski definition) is 7. The summed E-state index contributed by atoms with van der Waals surface area (Å²) in [6.07, 6.45) is 9.57. The monoisotopic (exact) mass is 507 g/mol. The van der Waals surface area contributed by atoms with Crippen LogP contribution in [0, 0.1) is 5.92 Å². The minimum Gasteiger partial charge on any atom is -0.357 e. The molecule has 0 aliphatic carbocycles. The molecule has 5 aromatic rings. The highest BCUT2D eigenvalue weighted by molar-refractivity contribution is 7.13. The van der Waals surface area contributed by atoms with Gasteiger partial charge in [0.1, 0.15) is 5.69 Å². The molecular weight excluding hydrogens is 482 g/mol. The number of anilines is 3. The molecule has 0 fully saturated rings. The SMILES string of the molecule is CC(C)CC(=O)Nc1cncc(-c2ccc3[nH]nc(C4=CNc5c(cncc5-c5cccs5)N4)c3c2)c1. The molecule has 0 saturated carbocycles. The van der Waals surface area contributed by atoms with Crippen molar-refractivity contribution in [3.63, 3.8) is 0 Å². The maximum absolute atomic E-state index is 12.2. The number of aromatic nitrogens is 4. The standard InChI is InChI=1S/C28H25N7OS/c1-16(2)8-26(36)32-19-9-18(11-29-12-19)17-5-6-22-20(10-17)28(35-34-22)24-15-31-27-21(25-4-3-7-37-25)13-30-14-23(27)33-24/h3-7,9-16,31,33H,8H2,1-2H3,(H,32,36)(H,34,35). The largest absolute Gasteiger partial charge is 0.357 e. The van der Waals surface area contributed by atoms with Crippen LogP contribution >= 0.6 is 11.3 Å². The number of hydrogen-bond donors (Lipinski definition) is 4. The molecule has 0 bridgehead atoms. The molecule has 1 aliphatic rings. The summed E-state index contributed by atoms with van der Waals surface area (Å²) in [5.74, 6) is 0.279. The summed E-state index contributed by atoms with van der Waals surface area (Å²) in [6.45, 7) is 4.05. The lowest BCUT2D eigenvalue weighted by atomic mass is 10.0. The van der Waals surface area contributed by atoms with Gasteiger partial charge in [-0.3, -0.25) is 19.9 Å². The molecule has 0 radical (unpaired) electrons. The van der Waals surface area contributed by atoms with Crippen molar-refractivity contribution in [3.8, 4) is 21.6 Å². The molecule has 0 atom stereocenters. The number of benzene rings is 1. The Labute approximate surface area is 217 Å². The van der Waals surface area contributed by atoms with Crippen molar-refractivity contribution in [2.45, 2.75) is 20.3 Å². The summed E-state index contributed by atoms with van der Waals surface area (Å²) >= 11 is 1.68. The van der Waals surface area contributed by atoms with E-state index in [0.717, 1.165) is 55.2 Å². The highest BCUT2D eigenvalue weighted by Gasteiger charge is 2.20. The Morgan fingerprint density at radius 1 is 1.05 bits per heavy atom. The molecule has 4 aromatic heterocycles. The molecule has 0 unspecified atom stereocenters. The zero-order valence-corrected chi connectivity index (χ0v) is 21.2. The summed E-state index contributed by atoms with van der Waals surface area (Å²) in [7, 11) is 0. The first-order chi connectivity index (χ1) is 18.0. The molecule has 9 heteroatoms. The Morgan fingerprint density at radius 2 is 1.95 bits per heavy atom. The van der Waals surface area contributed by atoms with Gasteiger partial charge in [0.05, 0.1) is 40.7 Å². The number of pyridine rings is 2. The number of thiophene rings is 1. The summed E-state index contributed by atoms with van der Waals surface area (Å²) in [5.41, 5.74) is 8.07. The molecule has 8 nitrogen and oxygen atoms in total. The summed E-state index contributed by atoms with van der Waals surface area (Å²) in [4.78, 5) is 22.2. The zero-order chi connectivity index (χ0) is 25.4. The van der Waals surface area contributed by atoms with Crippen LogP contribution in [0.15, 0.2) is 72.8 Å².